The van der Waals surface area contributed by atoms with Crippen molar-refractivity contribution in [1.29, 1.82) is 0 Å². The van der Waals surface area contributed by atoms with Crippen molar-refractivity contribution in [3.05, 3.63) is 58.8 Å². The highest BCUT2D eigenvalue weighted by atomic mass is 32.1. The van der Waals surface area contributed by atoms with Crippen molar-refractivity contribution in [1.82, 2.24) is 0 Å². The molecule has 1 aromatic heterocycles. The quantitative estimate of drug-likeness (QED) is 0.868. The predicted molar refractivity (Wildman–Crippen MR) is 81.5 cm³/mol. The van der Waals surface area contributed by atoms with Gasteiger partial charge >= 0.3 is 0 Å². The Hall–Kier alpha value is -2.07. The van der Waals surface area contributed by atoms with Gasteiger partial charge in [-0.1, -0.05) is 24.8 Å². The van der Waals surface area contributed by atoms with Crippen LogP contribution in [0.15, 0.2) is 48.4 Å². The van der Waals surface area contributed by atoms with E-state index in [0.29, 0.717) is 13.0 Å². The molecule has 0 fully saturated rings. The average Bonchev–Trinajstić information content (AvgIpc) is 2.93. The molecule has 2 heterocycles. The smallest absolute Gasteiger partial charge is 0.225 e. The van der Waals surface area contributed by atoms with Crippen molar-refractivity contribution in [2.24, 2.45) is 0 Å². The molecule has 3 rings (SSSR count). The maximum atomic E-state index is 11.8. The number of ether oxygens (including phenoxy) is 1. The van der Waals surface area contributed by atoms with E-state index in [9.17, 15) is 4.79 Å². The lowest BCUT2D eigenvalue weighted by molar-refractivity contribution is -0.116. The fourth-order valence-corrected chi connectivity index (χ4v) is 3.37. The molecule has 0 saturated carbocycles. The zero-order chi connectivity index (χ0) is 13.9. The van der Waals surface area contributed by atoms with Crippen LogP contribution in [0.5, 0.6) is 5.75 Å². The van der Waals surface area contributed by atoms with Crippen LogP contribution >= 0.6 is 11.3 Å². The molecule has 0 saturated heterocycles. The molecule has 1 amide bonds. The summed E-state index contributed by atoms with van der Waals surface area (Å²) in [5.74, 6) is 1.04. The van der Waals surface area contributed by atoms with Gasteiger partial charge in [-0.05, 0) is 29.1 Å². The van der Waals surface area contributed by atoms with Crippen LogP contribution in [-0.4, -0.2) is 12.5 Å². The summed E-state index contributed by atoms with van der Waals surface area (Å²) in [5.41, 5.74) is 2.10. The third-order valence-electron chi connectivity index (χ3n) is 3.33. The van der Waals surface area contributed by atoms with Crippen molar-refractivity contribution in [3.8, 4) is 5.75 Å². The molecule has 1 aliphatic heterocycles. The van der Waals surface area contributed by atoms with Gasteiger partial charge in [0.25, 0.3) is 0 Å². The number of nitrogens with one attached hydrogen (secondary N) is 1. The van der Waals surface area contributed by atoms with E-state index in [2.05, 4.69) is 11.9 Å². The minimum Gasteiger partial charge on any atom is -0.490 e. The Morgan fingerprint density at radius 3 is 2.90 bits per heavy atom. The summed E-state index contributed by atoms with van der Waals surface area (Å²) in [5, 5.41) is 4.93. The van der Waals surface area contributed by atoms with Gasteiger partial charge in [-0.2, -0.15) is 0 Å². The zero-order valence-corrected chi connectivity index (χ0v) is 11.8. The summed E-state index contributed by atoms with van der Waals surface area (Å²) >= 11 is 1.69. The van der Waals surface area contributed by atoms with Crippen LogP contribution in [0, 0.1) is 0 Å². The van der Waals surface area contributed by atoms with Gasteiger partial charge in [0, 0.05) is 17.2 Å². The number of anilines is 1. The second-order valence-electron chi connectivity index (χ2n) is 4.67. The highest BCUT2D eigenvalue weighted by Gasteiger charge is 2.27. The first-order valence-electron chi connectivity index (χ1n) is 6.49. The van der Waals surface area contributed by atoms with E-state index in [4.69, 9.17) is 4.74 Å². The Morgan fingerprint density at radius 1 is 1.35 bits per heavy atom. The number of hydrogen-bond donors (Lipinski definition) is 1. The molecule has 2 aromatic rings. The summed E-state index contributed by atoms with van der Waals surface area (Å²) in [6.45, 7) is 4.13. The highest BCUT2D eigenvalue weighted by molar-refractivity contribution is 7.10. The molecule has 0 spiro atoms. The van der Waals surface area contributed by atoms with Gasteiger partial charge in [-0.3, -0.25) is 4.79 Å². The Kier molecular flexibility index (Phi) is 3.56. The maximum Gasteiger partial charge on any atom is 0.225 e. The second-order valence-corrected chi connectivity index (χ2v) is 5.62. The number of benzene rings is 1. The lowest BCUT2D eigenvalue weighted by Crippen LogP contribution is -2.21. The Bertz CT molecular complexity index is 630. The molecule has 1 N–H and O–H groups in total. The molecule has 102 valence electrons. The first-order chi connectivity index (χ1) is 9.78. The third-order valence-corrected chi connectivity index (χ3v) is 4.36. The Morgan fingerprint density at radius 2 is 2.15 bits per heavy atom. The topological polar surface area (TPSA) is 38.3 Å². The molecule has 1 atom stereocenters. The number of carbonyl (C=O) groups excluding carboxylic acids is 1. The third kappa shape index (κ3) is 2.47. The van der Waals surface area contributed by atoms with Crippen LogP contribution in [0.3, 0.4) is 0 Å². The van der Waals surface area contributed by atoms with E-state index in [-0.39, 0.29) is 11.8 Å². The van der Waals surface area contributed by atoms with E-state index in [1.807, 2.05) is 35.7 Å². The fraction of sp³-hybridized carbons (Fsp3) is 0.188. The molecule has 1 aromatic carbocycles. The molecular formula is C16H15NO2S. The van der Waals surface area contributed by atoms with Gasteiger partial charge in [0.1, 0.15) is 12.4 Å². The lowest BCUT2D eigenvalue weighted by Gasteiger charge is -2.23. The molecule has 3 nitrogen and oxygen atoms in total. The SMILES string of the molecule is C=CCOc1ccc([C@@H]2CC(=O)Nc3ccsc32)cc1. The van der Waals surface area contributed by atoms with Crippen LogP contribution in [0.4, 0.5) is 5.69 Å². The first kappa shape index (κ1) is 12.9. The number of rotatable bonds is 4. The van der Waals surface area contributed by atoms with Crippen molar-refractivity contribution in [3.63, 3.8) is 0 Å². The summed E-state index contributed by atoms with van der Waals surface area (Å²) in [4.78, 5) is 13.0. The summed E-state index contributed by atoms with van der Waals surface area (Å²) < 4.78 is 5.48. The number of fused-ring (bicyclic) bond motifs is 1. The van der Waals surface area contributed by atoms with Gasteiger partial charge in [-0.25, -0.2) is 0 Å². The van der Waals surface area contributed by atoms with Crippen molar-refractivity contribution < 1.29 is 9.53 Å². The molecule has 0 unspecified atom stereocenters. The van der Waals surface area contributed by atoms with Crippen LogP contribution in [0.2, 0.25) is 0 Å². The van der Waals surface area contributed by atoms with Gasteiger partial charge in [0.15, 0.2) is 0 Å². The van der Waals surface area contributed by atoms with E-state index in [0.717, 1.165) is 17.0 Å². The molecular weight excluding hydrogens is 270 g/mol. The maximum absolute atomic E-state index is 11.8. The highest BCUT2D eigenvalue weighted by Crippen LogP contribution is 2.40. The largest absolute Gasteiger partial charge is 0.490 e. The average molecular weight is 285 g/mol. The normalized spacial score (nSPS) is 17.2. The van der Waals surface area contributed by atoms with Crippen molar-refractivity contribution >= 4 is 22.9 Å². The van der Waals surface area contributed by atoms with E-state index >= 15 is 0 Å². The fourth-order valence-electron chi connectivity index (χ4n) is 2.39. The van der Waals surface area contributed by atoms with Gasteiger partial charge in [0.05, 0.1) is 5.69 Å². The van der Waals surface area contributed by atoms with Crippen LogP contribution in [0.25, 0.3) is 0 Å². The minimum absolute atomic E-state index is 0.0767. The zero-order valence-electron chi connectivity index (χ0n) is 11.0. The van der Waals surface area contributed by atoms with Gasteiger partial charge < -0.3 is 10.1 Å². The van der Waals surface area contributed by atoms with E-state index < -0.39 is 0 Å². The molecule has 4 heteroatoms. The monoisotopic (exact) mass is 285 g/mol. The minimum atomic E-state index is 0.0767. The van der Waals surface area contributed by atoms with Crippen LogP contribution < -0.4 is 10.1 Å². The molecule has 0 aliphatic carbocycles. The molecule has 1 aliphatic rings. The standard InChI is InChI=1S/C16H15NO2S/c1-2-8-19-12-5-3-11(4-6-12)13-10-15(18)17-14-7-9-20-16(13)14/h2-7,9,13H,1,8,10H2,(H,17,18)/t13-/m0/s1. The first-order valence-corrected chi connectivity index (χ1v) is 7.37. The van der Waals surface area contributed by atoms with Crippen LogP contribution in [0.1, 0.15) is 22.8 Å². The van der Waals surface area contributed by atoms with E-state index in [1.54, 1.807) is 17.4 Å². The van der Waals surface area contributed by atoms with Crippen molar-refractivity contribution in [2.75, 3.05) is 11.9 Å². The molecule has 20 heavy (non-hydrogen) atoms. The lowest BCUT2D eigenvalue weighted by atomic mass is 9.91. The summed E-state index contributed by atoms with van der Waals surface area (Å²) in [6, 6.07) is 9.92. The van der Waals surface area contributed by atoms with Crippen LogP contribution in [-0.2, 0) is 4.79 Å². The van der Waals surface area contributed by atoms with Gasteiger partial charge in [-0.15, -0.1) is 11.3 Å². The summed E-state index contributed by atoms with van der Waals surface area (Å²) in [6.07, 6.45) is 2.22. The molecule has 0 bridgehead atoms. The Balaban J connectivity index is 1.86. The van der Waals surface area contributed by atoms with E-state index in [1.165, 1.54) is 4.88 Å². The number of carbonyl (C=O) groups is 1. The second kappa shape index (κ2) is 5.51. The number of amides is 1. The predicted octanol–water partition coefficient (Wildman–Crippen LogP) is 3.79. The van der Waals surface area contributed by atoms with Crippen molar-refractivity contribution in [2.45, 2.75) is 12.3 Å². The van der Waals surface area contributed by atoms with Gasteiger partial charge in [0.2, 0.25) is 5.91 Å². The summed E-state index contributed by atoms with van der Waals surface area (Å²) in [7, 11) is 0. The number of hydrogen-bond acceptors (Lipinski definition) is 3. The Labute approximate surface area is 121 Å². The molecule has 0 radical (unpaired) electrons. The number of thiophene rings is 1.